The molecular formula is C17H15NO5. The molecule has 0 bridgehead atoms. The normalized spacial score (nSPS) is 9.78. The van der Waals surface area contributed by atoms with Crippen LogP contribution in [0.5, 0.6) is 5.75 Å². The van der Waals surface area contributed by atoms with Gasteiger partial charge in [-0.15, -0.1) is 0 Å². The lowest BCUT2D eigenvalue weighted by Crippen LogP contribution is -2.20. The van der Waals surface area contributed by atoms with E-state index in [1.165, 1.54) is 7.11 Å². The summed E-state index contributed by atoms with van der Waals surface area (Å²) in [5.41, 5.74) is 1.48. The largest absolute Gasteiger partial charge is 0.484 e. The van der Waals surface area contributed by atoms with E-state index in [4.69, 9.17) is 4.74 Å². The molecular weight excluding hydrogens is 298 g/mol. The van der Waals surface area contributed by atoms with Gasteiger partial charge >= 0.3 is 5.97 Å². The van der Waals surface area contributed by atoms with Crippen molar-refractivity contribution in [2.24, 2.45) is 0 Å². The second-order valence-corrected chi connectivity index (χ2v) is 4.59. The first-order chi connectivity index (χ1) is 11.1. The Morgan fingerprint density at radius 2 is 1.70 bits per heavy atom. The minimum absolute atomic E-state index is 0.167. The third-order valence-electron chi connectivity index (χ3n) is 2.98. The standard InChI is InChI=1S/C17H15NO5/c1-22-17(21)13-4-6-14(7-5-13)18-16(20)11-23-15-8-2-12(10-19)3-9-15/h2-10H,11H2,1H3,(H,18,20). The molecule has 0 aliphatic carbocycles. The quantitative estimate of drug-likeness (QED) is 0.653. The van der Waals surface area contributed by atoms with Gasteiger partial charge in [0.25, 0.3) is 5.91 Å². The Morgan fingerprint density at radius 1 is 1.04 bits per heavy atom. The van der Waals surface area contributed by atoms with Gasteiger partial charge in [-0.2, -0.15) is 0 Å². The molecule has 0 spiro atoms. The molecule has 1 amide bonds. The number of carbonyl (C=O) groups excluding carboxylic acids is 3. The van der Waals surface area contributed by atoms with E-state index in [-0.39, 0.29) is 12.5 Å². The summed E-state index contributed by atoms with van der Waals surface area (Å²) in [6.07, 6.45) is 0.731. The lowest BCUT2D eigenvalue weighted by Gasteiger charge is -2.08. The number of carbonyl (C=O) groups is 3. The zero-order valence-electron chi connectivity index (χ0n) is 12.4. The maximum absolute atomic E-state index is 11.8. The molecule has 0 radical (unpaired) electrons. The molecule has 0 saturated carbocycles. The topological polar surface area (TPSA) is 81.7 Å². The van der Waals surface area contributed by atoms with Gasteiger partial charge in [-0.25, -0.2) is 4.79 Å². The van der Waals surface area contributed by atoms with E-state index in [1.54, 1.807) is 48.5 Å². The van der Waals surface area contributed by atoms with Gasteiger partial charge in [-0.05, 0) is 48.5 Å². The van der Waals surface area contributed by atoms with Gasteiger partial charge in [0.05, 0.1) is 12.7 Å². The molecule has 2 aromatic rings. The summed E-state index contributed by atoms with van der Waals surface area (Å²) in [5, 5.41) is 2.65. The molecule has 0 saturated heterocycles. The highest BCUT2D eigenvalue weighted by atomic mass is 16.5. The van der Waals surface area contributed by atoms with Crippen LogP contribution in [0.1, 0.15) is 20.7 Å². The minimum atomic E-state index is -0.440. The van der Waals surface area contributed by atoms with Crippen LogP contribution in [0, 0.1) is 0 Å². The first kappa shape index (κ1) is 16.2. The number of amides is 1. The fourth-order valence-corrected chi connectivity index (χ4v) is 1.80. The SMILES string of the molecule is COC(=O)c1ccc(NC(=O)COc2ccc(C=O)cc2)cc1. The average Bonchev–Trinajstić information content (AvgIpc) is 2.60. The Balaban J connectivity index is 1.86. The highest BCUT2D eigenvalue weighted by Gasteiger charge is 2.07. The minimum Gasteiger partial charge on any atom is -0.484 e. The number of methoxy groups -OCH3 is 1. The second-order valence-electron chi connectivity index (χ2n) is 4.59. The Kier molecular flexibility index (Phi) is 5.46. The van der Waals surface area contributed by atoms with E-state index in [9.17, 15) is 14.4 Å². The number of ether oxygens (including phenoxy) is 2. The van der Waals surface area contributed by atoms with Gasteiger partial charge in [0, 0.05) is 11.3 Å². The maximum atomic E-state index is 11.8. The molecule has 0 heterocycles. The lowest BCUT2D eigenvalue weighted by molar-refractivity contribution is -0.118. The number of hydrogen-bond acceptors (Lipinski definition) is 5. The van der Waals surface area contributed by atoms with Crippen LogP contribution in [-0.4, -0.2) is 31.9 Å². The maximum Gasteiger partial charge on any atom is 0.337 e. The van der Waals surface area contributed by atoms with Crippen molar-refractivity contribution in [2.45, 2.75) is 0 Å². The van der Waals surface area contributed by atoms with Crippen LogP contribution in [0.3, 0.4) is 0 Å². The molecule has 2 rings (SSSR count). The van der Waals surface area contributed by atoms with E-state index in [0.29, 0.717) is 22.6 Å². The fraction of sp³-hybridized carbons (Fsp3) is 0.118. The van der Waals surface area contributed by atoms with E-state index >= 15 is 0 Å². The Labute approximate surface area is 133 Å². The average molecular weight is 313 g/mol. The van der Waals surface area contributed by atoms with Crippen LogP contribution in [0.15, 0.2) is 48.5 Å². The molecule has 1 N–H and O–H groups in total. The predicted molar refractivity (Wildman–Crippen MR) is 83.7 cm³/mol. The van der Waals surface area contributed by atoms with Crippen LogP contribution >= 0.6 is 0 Å². The summed E-state index contributed by atoms with van der Waals surface area (Å²) in [6, 6.07) is 12.7. The summed E-state index contributed by atoms with van der Waals surface area (Å²) >= 11 is 0. The molecule has 0 aliphatic heterocycles. The van der Waals surface area contributed by atoms with Gasteiger partial charge in [-0.3, -0.25) is 9.59 Å². The zero-order chi connectivity index (χ0) is 16.7. The highest BCUT2D eigenvalue weighted by molar-refractivity contribution is 5.93. The number of esters is 1. The van der Waals surface area contributed by atoms with Crippen LogP contribution in [0.25, 0.3) is 0 Å². The monoisotopic (exact) mass is 313 g/mol. The number of nitrogens with one attached hydrogen (secondary N) is 1. The molecule has 0 atom stereocenters. The molecule has 2 aromatic carbocycles. The molecule has 0 aliphatic rings. The summed E-state index contributed by atoms with van der Waals surface area (Å²) in [6.45, 7) is -0.167. The Hall–Kier alpha value is -3.15. The second kappa shape index (κ2) is 7.74. The fourth-order valence-electron chi connectivity index (χ4n) is 1.80. The number of rotatable bonds is 6. The Morgan fingerprint density at radius 3 is 2.26 bits per heavy atom. The molecule has 6 heteroatoms. The zero-order valence-corrected chi connectivity index (χ0v) is 12.4. The summed E-state index contributed by atoms with van der Waals surface area (Å²) in [4.78, 5) is 33.6. The third kappa shape index (κ3) is 4.67. The van der Waals surface area contributed by atoms with Gasteiger partial charge in [-0.1, -0.05) is 0 Å². The molecule has 6 nitrogen and oxygen atoms in total. The highest BCUT2D eigenvalue weighted by Crippen LogP contribution is 2.12. The van der Waals surface area contributed by atoms with E-state index in [0.717, 1.165) is 6.29 Å². The van der Waals surface area contributed by atoms with Crippen LogP contribution in [0.2, 0.25) is 0 Å². The van der Waals surface area contributed by atoms with Crippen LogP contribution in [0.4, 0.5) is 5.69 Å². The van der Waals surface area contributed by atoms with E-state index in [1.807, 2.05) is 0 Å². The lowest BCUT2D eigenvalue weighted by atomic mass is 10.2. The van der Waals surface area contributed by atoms with Crippen molar-refractivity contribution in [1.82, 2.24) is 0 Å². The summed E-state index contributed by atoms with van der Waals surface area (Å²) < 4.78 is 9.91. The van der Waals surface area contributed by atoms with E-state index in [2.05, 4.69) is 10.1 Å². The van der Waals surface area contributed by atoms with Crippen molar-refractivity contribution in [3.8, 4) is 5.75 Å². The van der Waals surface area contributed by atoms with Crippen molar-refractivity contribution >= 4 is 23.9 Å². The van der Waals surface area contributed by atoms with Crippen molar-refractivity contribution in [3.05, 3.63) is 59.7 Å². The van der Waals surface area contributed by atoms with Gasteiger partial charge in [0.15, 0.2) is 6.61 Å². The summed E-state index contributed by atoms with van der Waals surface area (Å²) in [5.74, 6) is -0.285. The molecule has 0 aromatic heterocycles. The number of anilines is 1. The number of aldehydes is 1. The molecule has 0 unspecified atom stereocenters. The van der Waals surface area contributed by atoms with Gasteiger partial charge in [0.1, 0.15) is 12.0 Å². The molecule has 118 valence electrons. The first-order valence-corrected chi connectivity index (χ1v) is 6.78. The first-order valence-electron chi connectivity index (χ1n) is 6.78. The number of benzene rings is 2. The third-order valence-corrected chi connectivity index (χ3v) is 2.98. The smallest absolute Gasteiger partial charge is 0.337 e. The van der Waals surface area contributed by atoms with Crippen LogP contribution < -0.4 is 10.1 Å². The van der Waals surface area contributed by atoms with Crippen molar-refractivity contribution < 1.29 is 23.9 Å². The van der Waals surface area contributed by atoms with Crippen molar-refractivity contribution in [3.63, 3.8) is 0 Å². The van der Waals surface area contributed by atoms with E-state index < -0.39 is 5.97 Å². The van der Waals surface area contributed by atoms with Crippen molar-refractivity contribution in [2.75, 3.05) is 19.0 Å². The molecule has 23 heavy (non-hydrogen) atoms. The van der Waals surface area contributed by atoms with Crippen LogP contribution in [-0.2, 0) is 9.53 Å². The Bertz CT molecular complexity index is 692. The number of hydrogen-bond donors (Lipinski definition) is 1. The van der Waals surface area contributed by atoms with Gasteiger partial charge in [0.2, 0.25) is 0 Å². The predicted octanol–water partition coefficient (Wildman–Crippen LogP) is 2.30. The van der Waals surface area contributed by atoms with Gasteiger partial charge < -0.3 is 14.8 Å². The van der Waals surface area contributed by atoms with Crippen molar-refractivity contribution in [1.29, 1.82) is 0 Å². The molecule has 0 fully saturated rings. The summed E-state index contributed by atoms with van der Waals surface area (Å²) in [7, 11) is 1.30.